The average Bonchev–Trinajstić information content (AvgIpc) is 2.12. The van der Waals surface area contributed by atoms with Crippen LogP contribution in [-0.4, -0.2) is 36.6 Å². The van der Waals surface area contributed by atoms with Gasteiger partial charge in [-0.05, 0) is 13.8 Å². The lowest BCUT2D eigenvalue weighted by Gasteiger charge is -2.11. The number of carbonyl (C=O) groups is 2. The van der Waals surface area contributed by atoms with Crippen molar-refractivity contribution in [2.45, 2.75) is 13.8 Å². The van der Waals surface area contributed by atoms with Crippen molar-refractivity contribution in [3.05, 3.63) is 0 Å². The van der Waals surface area contributed by atoms with E-state index in [1.807, 2.05) is 0 Å². The zero-order valence-corrected chi connectivity index (χ0v) is 8.13. The highest BCUT2D eigenvalue weighted by Crippen LogP contribution is 1.90. The maximum Gasteiger partial charge on any atom is 0.342 e. The van der Waals surface area contributed by atoms with Gasteiger partial charge >= 0.3 is 6.03 Å². The number of hydrogen-bond acceptors (Lipinski definition) is 3. The van der Waals surface area contributed by atoms with Crippen molar-refractivity contribution in [1.82, 2.24) is 10.6 Å². The number of amidine groups is 1. The summed E-state index contributed by atoms with van der Waals surface area (Å²) in [7, 11) is 0. The van der Waals surface area contributed by atoms with Gasteiger partial charge in [0.2, 0.25) is 0 Å². The molecule has 3 amide bonds. The summed E-state index contributed by atoms with van der Waals surface area (Å²) in [5.74, 6) is -0.0224. The molecule has 14 heavy (non-hydrogen) atoms. The second-order valence-corrected chi connectivity index (χ2v) is 2.75. The molecule has 6 nitrogen and oxygen atoms in total. The maximum absolute atomic E-state index is 11.1. The third-order valence-corrected chi connectivity index (χ3v) is 1.62. The first-order chi connectivity index (χ1) is 6.63. The Hall–Kier alpha value is -1.72. The minimum Gasteiger partial charge on any atom is -0.336 e. The first-order valence-corrected chi connectivity index (χ1v) is 4.31. The van der Waals surface area contributed by atoms with Crippen LogP contribution in [0.3, 0.4) is 0 Å². The van der Waals surface area contributed by atoms with E-state index in [1.165, 1.54) is 0 Å². The Bertz CT molecular complexity index is 319. The summed E-state index contributed by atoms with van der Waals surface area (Å²) in [6.07, 6.45) is 0. The molecule has 1 aliphatic rings. The fourth-order valence-corrected chi connectivity index (χ4v) is 0.903. The van der Waals surface area contributed by atoms with Crippen molar-refractivity contribution in [2.24, 2.45) is 9.98 Å². The molecule has 0 saturated heterocycles. The second-order valence-electron chi connectivity index (χ2n) is 2.75. The number of hydrogen-bond donors (Lipinski definition) is 2. The van der Waals surface area contributed by atoms with Crippen LogP contribution in [0.25, 0.3) is 0 Å². The van der Waals surface area contributed by atoms with E-state index >= 15 is 0 Å². The molecule has 76 valence electrons. The van der Waals surface area contributed by atoms with Crippen LogP contribution in [0.5, 0.6) is 0 Å². The van der Waals surface area contributed by atoms with Crippen molar-refractivity contribution in [3.8, 4) is 0 Å². The van der Waals surface area contributed by atoms with Crippen LogP contribution >= 0.6 is 0 Å². The topological polar surface area (TPSA) is 82.9 Å². The summed E-state index contributed by atoms with van der Waals surface area (Å²) in [6, 6.07) is -0.461. The van der Waals surface area contributed by atoms with Crippen molar-refractivity contribution in [3.63, 3.8) is 0 Å². The third-order valence-electron chi connectivity index (χ3n) is 1.62. The molecule has 0 bridgehead atoms. The van der Waals surface area contributed by atoms with Gasteiger partial charge in [-0.2, -0.15) is 4.99 Å². The predicted molar refractivity (Wildman–Crippen MR) is 52.6 cm³/mol. The molecule has 2 N–H and O–H groups in total. The molecule has 0 atom stereocenters. The predicted octanol–water partition coefficient (Wildman–Crippen LogP) is -0.295. The van der Waals surface area contributed by atoms with Gasteiger partial charge in [-0.3, -0.25) is 9.79 Å². The smallest absolute Gasteiger partial charge is 0.336 e. The summed E-state index contributed by atoms with van der Waals surface area (Å²) >= 11 is 0. The SMILES string of the molecule is CCNC(=O)N=C1CN=C(C)C(=O)N1. The lowest BCUT2D eigenvalue weighted by atomic mass is 10.3. The van der Waals surface area contributed by atoms with E-state index in [-0.39, 0.29) is 18.3 Å². The molecule has 0 aromatic rings. The largest absolute Gasteiger partial charge is 0.342 e. The lowest BCUT2D eigenvalue weighted by molar-refractivity contribution is -0.113. The Morgan fingerprint density at radius 3 is 3.00 bits per heavy atom. The minimum absolute atomic E-state index is 0.245. The molecule has 1 rings (SSSR count). The van der Waals surface area contributed by atoms with Crippen LogP contribution in [0.2, 0.25) is 0 Å². The van der Waals surface area contributed by atoms with Crippen molar-refractivity contribution in [1.29, 1.82) is 0 Å². The van der Waals surface area contributed by atoms with Gasteiger partial charge in [-0.1, -0.05) is 0 Å². The molecular formula is C8H12N4O2. The van der Waals surface area contributed by atoms with E-state index in [2.05, 4.69) is 20.6 Å². The van der Waals surface area contributed by atoms with Gasteiger partial charge in [-0.15, -0.1) is 0 Å². The molecule has 0 fully saturated rings. The highest BCUT2D eigenvalue weighted by molar-refractivity contribution is 6.42. The molecule has 1 aliphatic heterocycles. The molecule has 0 spiro atoms. The molecule has 1 heterocycles. The fourth-order valence-electron chi connectivity index (χ4n) is 0.903. The van der Waals surface area contributed by atoms with Gasteiger partial charge in [0.1, 0.15) is 5.84 Å². The van der Waals surface area contributed by atoms with Gasteiger partial charge in [0.05, 0.1) is 12.3 Å². The van der Waals surface area contributed by atoms with Crippen molar-refractivity contribution in [2.75, 3.05) is 13.1 Å². The maximum atomic E-state index is 11.1. The summed E-state index contributed by atoms with van der Waals surface area (Å²) < 4.78 is 0. The van der Waals surface area contributed by atoms with Crippen LogP contribution in [-0.2, 0) is 4.79 Å². The van der Waals surface area contributed by atoms with Gasteiger partial charge in [-0.25, -0.2) is 4.79 Å². The number of nitrogens with one attached hydrogen (secondary N) is 2. The summed E-state index contributed by atoms with van der Waals surface area (Å²) in [4.78, 5) is 29.6. The minimum atomic E-state index is -0.461. The number of urea groups is 1. The van der Waals surface area contributed by atoms with Crippen molar-refractivity contribution >= 4 is 23.5 Å². The highest BCUT2D eigenvalue weighted by atomic mass is 16.2. The zero-order chi connectivity index (χ0) is 10.6. The van der Waals surface area contributed by atoms with Crippen LogP contribution in [0.4, 0.5) is 4.79 Å². The lowest BCUT2D eigenvalue weighted by Crippen LogP contribution is -2.42. The first-order valence-electron chi connectivity index (χ1n) is 4.31. The van der Waals surface area contributed by atoms with Crippen molar-refractivity contribution < 1.29 is 9.59 Å². The molecule has 0 radical (unpaired) electrons. The third kappa shape index (κ3) is 2.65. The molecule has 0 saturated carbocycles. The Labute approximate surface area is 81.5 Å². The Morgan fingerprint density at radius 1 is 1.71 bits per heavy atom. The van der Waals surface area contributed by atoms with E-state index in [1.54, 1.807) is 13.8 Å². The van der Waals surface area contributed by atoms with E-state index in [0.717, 1.165) is 0 Å². The van der Waals surface area contributed by atoms with Gasteiger partial charge in [0, 0.05) is 6.54 Å². The number of aliphatic imine (C=N–C) groups is 2. The number of nitrogens with zero attached hydrogens (tertiary/aromatic N) is 2. The molecule has 0 aromatic carbocycles. The average molecular weight is 196 g/mol. The van der Waals surface area contributed by atoms with Crippen LogP contribution in [0, 0.1) is 0 Å². The number of rotatable bonds is 1. The molecule has 0 unspecified atom stereocenters. The molecule has 6 heteroatoms. The van der Waals surface area contributed by atoms with Crippen LogP contribution < -0.4 is 10.6 Å². The number of amides is 3. The van der Waals surface area contributed by atoms with E-state index in [0.29, 0.717) is 12.3 Å². The second kappa shape index (κ2) is 4.50. The Balaban J connectivity index is 2.64. The van der Waals surface area contributed by atoms with Crippen LogP contribution in [0.1, 0.15) is 13.8 Å². The summed E-state index contributed by atoms with van der Waals surface area (Å²) in [6.45, 7) is 4.15. The van der Waals surface area contributed by atoms with Gasteiger partial charge < -0.3 is 10.6 Å². The van der Waals surface area contributed by atoms with Gasteiger partial charge in [0.15, 0.2) is 0 Å². The first kappa shape index (κ1) is 10.4. The van der Waals surface area contributed by atoms with Gasteiger partial charge in [0.25, 0.3) is 5.91 Å². The van der Waals surface area contributed by atoms with Crippen LogP contribution in [0.15, 0.2) is 9.98 Å². The zero-order valence-electron chi connectivity index (χ0n) is 8.13. The number of carbonyl (C=O) groups excluding carboxylic acids is 2. The Kier molecular flexibility index (Phi) is 3.33. The molecule has 0 aromatic heterocycles. The normalized spacial score (nSPS) is 18.9. The fraction of sp³-hybridized carbons (Fsp3) is 0.500. The summed E-state index contributed by atoms with van der Waals surface area (Å²) in [5.41, 5.74) is 0.403. The van der Waals surface area contributed by atoms with E-state index in [9.17, 15) is 9.59 Å². The molecule has 0 aliphatic carbocycles. The van der Waals surface area contributed by atoms with E-state index in [4.69, 9.17) is 0 Å². The van der Waals surface area contributed by atoms with E-state index < -0.39 is 6.03 Å². The summed E-state index contributed by atoms with van der Waals surface area (Å²) in [5, 5.41) is 4.97. The monoisotopic (exact) mass is 196 g/mol. The standard InChI is InChI=1S/C8H12N4O2/c1-3-9-8(14)12-6-4-10-5(2)7(13)11-6/h3-4H2,1-2H3,(H2,9,11,12,13,14). The highest BCUT2D eigenvalue weighted by Gasteiger charge is 2.15. The molecular weight excluding hydrogens is 184 g/mol. The quantitative estimate of drug-likeness (QED) is 0.603. The Morgan fingerprint density at radius 2 is 2.43 bits per heavy atom.